The highest BCUT2D eigenvalue weighted by Gasteiger charge is 2.29. The van der Waals surface area contributed by atoms with Crippen LogP contribution < -0.4 is 26.1 Å². The van der Waals surface area contributed by atoms with Crippen LogP contribution in [0.4, 0.5) is 26.3 Å². The van der Waals surface area contributed by atoms with Crippen molar-refractivity contribution in [2.75, 3.05) is 26.2 Å². The standard InChI is InChI=1S/C19H20ClN5O2.2C2HF3O2/c20-14-10-17-18(26)23-11-15(25(17)12-14)8-13-2-4-22-16(9-13)19(27)24-6-1-3-21-5-7-24;2*3-2(4,5)1(6)7/h2,4,9-12,21H,1,3,5-8H2,(H,23,26);2*(H,6,7). The first-order chi connectivity index (χ1) is 19.0. The average Bonchev–Trinajstić information content (AvgIpc) is 3.09. The average molecular weight is 614 g/mol. The summed E-state index contributed by atoms with van der Waals surface area (Å²) in [5.41, 5.74) is 2.79. The summed E-state index contributed by atoms with van der Waals surface area (Å²) < 4.78 is 64.9. The van der Waals surface area contributed by atoms with Crippen molar-refractivity contribution in [3.05, 3.63) is 69.1 Å². The normalized spacial score (nSPS) is 13.8. The number of carboxylic acids is 2. The van der Waals surface area contributed by atoms with Crippen molar-refractivity contribution in [1.82, 2.24) is 14.3 Å². The molecule has 0 bridgehead atoms. The fourth-order valence-electron chi connectivity index (χ4n) is 3.53. The van der Waals surface area contributed by atoms with Crippen molar-refractivity contribution in [3.63, 3.8) is 0 Å². The van der Waals surface area contributed by atoms with Crippen molar-refractivity contribution in [1.29, 1.82) is 0 Å². The second kappa shape index (κ2) is 14.0. The SMILES string of the molecule is O=C([O-])C(F)(F)F.O=C([O-])C(F)(F)F.O=C(c1cc(Cc2c[nH]c(=O)c3cc(Cl)cn23)cc[nH+]1)N1CCC[NH2+]CC1. The number of amides is 1. The van der Waals surface area contributed by atoms with Crippen LogP contribution >= 0.6 is 11.6 Å². The summed E-state index contributed by atoms with van der Waals surface area (Å²) >= 11 is 6.06. The Morgan fingerprint density at radius 3 is 2.22 bits per heavy atom. The van der Waals surface area contributed by atoms with Gasteiger partial charge in [-0.25, -0.2) is 4.98 Å². The smallest absolute Gasteiger partial charge is 0.430 e. The Hall–Kier alpha value is -4.12. The fourth-order valence-corrected chi connectivity index (χ4v) is 3.73. The quantitative estimate of drug-likeness (QED) is 0.348. The molecule has 0 spiro atoms. The number of carboxylic acid groups (broad SMARTS) is 2. The lowest BCUT2D eigenvalue weighted by molar-refractivity contribution is -0.651. The van der Waals surface area contributed by atoms with Gasteiger partial charge in [0.2, 0.25) is 0 Å². The maximum absolute atomic E-state index is 12.8. The molecule has 3 aromatic heterocycles. The molecule has 0 unspecified atom stereocenters. The number of nitrogens with two attached hydrogens (primary N) is 1. The largest absolute Gasteiger partial charge is 0.542 e. The molecule has 1 fully saturated rings. The monoisotopic (exact) mass is 613 g/mol. The lowest BCUT2D eigenvalue weighted by Gasteiger charge is -2.16. The predicted octanol–water partition coefficient (Wildman–Crippen LogP) is -1.31. The van der Waals surface area contributed by atoms with E-state index >= 15 is 0 Å². The van der Waals surface area contributed by atoms with Crippen LogP contribution in [0, 0.1) is 0 Å². The number of alkyl halides is 6. The molecule has 0 radical (unpaired) electrons. The fraction of sp³-hybridized carbons (Fsp3) is 0.348. The summed E-state index contributed by atoms with van der Waals surface area (Å²) in [5.74, 6) is -5.98. The highest BCUT2D eigenvalue weighted by atomic mass is 35.5. The van der Waals surface area contributed by atoms with E-state index in [1.54, 1.807) is 29.1 Å². The third kappa shape index (κ3) is 10.1. The molecule has 1 aliphatic rings. The molecule has 11 nitrogen and oxygen atoms in total. The zero-order valence-electron chi connectivity index (χ0n) is 20.8. The lowest BCUT2D eigenvalue weighted by Crippen LogP contribution is -2.84. The van der Waals surface area contributed by atoms with Gasteiger partial charge in [0.1, 0.15) is 17.5 Å². The van der Waals surface area contributed by atoms with Gasteiger partial charge in [0.25, 0.3) is 11.3 Å². The summed E-state index contributed by atoms with van der Waals surface area (Å²) in [4.78, 5) is 50.1. The lowest BCUT2D eigenvalue weighted by atomic mass is 10.1. The molecule has 3 aromatic rings. The van der Waals surface area contributed by atoms with E-state index in [4.69, 9.17) is 31.4 Å². The number of fused-ring (bicyclic) bond motifs is 1. The van der Waals surface area contributed by atoms with Crippen LogP contribution in [0.3, 0.4) is 0 Å². The van der Waals surface area contributed by atoms with Gasteiger partial charge in [0.15, 0.2) is 6.20 Å². The maximum Gasteiger partial charge on any atom is 0.430 e. The number of H-pyrrole nitrogens is 2. The molecule has 1 aliphatic heterocycles. The summed E-state index contributed by atoms with van der Waals surface area (Å²) in [5, 5.41) is 20.3. The van der Waals surface area contributed by atoms with Gasteiger partial charge in [-0.2, -0.15) is 26.3 Å². The zero-order chi connectivity index (χ0) is 31.0. The number of aromatic nitrogens is 3. The van der Waals surface area contributed by atoms with E-state index in [0.29, 0.717) is 22.7 Å². The van der Waals surface area contributed by atoms with Crippen LogP contribution in [0.1, 0.15) is 28.2 Å². The van der Waals surface area contributed by atoms with Crippen LogP contribution in [0.2, 0.25) is 5.02 Å². The number of aromatic amines is 2. The Morgan fingerprint density at radius 1 is 1.02 bits per heavy atom. The van der Waals surface area contributed by atoms with Crippen LogP contribution in [-0.2, 0) is 16.0 Å². The van der Waals surface area contributed by atoms with Crippen LogP contribution in [0.25, 0.3) is 5.52 Å². The van der Waals surface area contributed by atoms with Crippen molar-refractivity contribution < 1.29 is 61.2 Å². The summed E-state index contributed by atoms with van der Waals surface area (Å²) in [6.45, 7) is 3.56. The number of halogens is 7. The number of hydrogen-bond acceptors (Lipinski definition) is 6. The van der Waals surface area contributed by atoms with E-state index in [9.17, 15) is 35.9 Å². The molecule has 0 atom stereocenters. The Kier molecular flexibility index (Phi) is 11.3. The first-order valence-corrected chi connectivity index (χ1v) is 11.9. The number of pyridine rings is 1. The molecule has 0 saturated carbocycles. The highest BCUT2D eigenvalue weighted by Crippen LogP contribution is 2.16. The minimum Gasteiger partial charge on any atom is -0.542 e. The number of nitrogens with zero attached hydrogens (tertiary/aromatic N) is 2. The third-order valence-electron chi connectivity index (χ3n) is 5.37. The molecule has 41 heavy (non-hydrogen) atoms. The second-order valence-corrected chi connectivity index (χ2v) is 8.83. The minimum absolute atomic E-state index is 0.0303. The molecule has 4 heterocycles. The van der Waals surface area contributed by atoms with Gasteiger partial charge >= 0.3 is 18.3 Å². The van der Waals surface area contributed by atoms with Gasteiger partial charge < -0.3 is 39.4 Å². The number of hydrogen-bond donors (Lipinski definition) is 2. The molecule has 18 heteroatoms. The number of aliphatic carboxylic acids is 2. The van der Waals surface area contributed by atoms with E-state index < -0.39 is 24.3 Å². The molecule has 0 aromatic carbocycles. The first kappa shape index (κ1) is 33.1. The zero-order valence-corrected chi connectivity index (χ0v) is 21.5. The van der Waals surface area contributed by atoms with Gasteiger partial charge in [-0.1, -0.05) is 11.6 Å². The van der Waals surface area contributed by atoms with E-state index in [1.807, 2.05) is 17.0 Å². The molecular weight excluding hydrogens is 592 g/mol. The molecule has 4 rings (SSSR count). The second-order valence-electron chi connectivity index (χ2n) is 8.39. The highest BCUT2D eigenvalue weighted by molar-refractivity contribution is 6.31. The molecule has 1 amide bonds. The predicted molar refractivity (Wildman–Crippen MR) is 123 cm³/mol. The Bertz CT molecular complexity index is 1410. The third-order valence-corrected chi connectivity index (χ3v) is 5.58. The maximum atomic E-state index is 12.8. The van der Waals surface area contributed by atoms with Gasteiger partial charge in [-0.05, 0) is 11.6 Å². The first-order valence-electron chi connectivity index (χ1n) is 11.6. The number of carbonyl (C=O) groups excluding carboxylic acids is 3. The van der Waals surface area contributed by atoms with E-state index in [1.165, 1.54) is 0 Å². The topological polar surface area (TPSA) is 169 Å². The van der Waals surface area contributed by atoms with Gasteiger partial charge in [0, 0.05) is 49.6 Å². The Labute approximate surface area is 231 Å². The number of quaternary nitrogens is 1. The van der Waals surface area contributed by atoms with E-state index in [0.717, 1.165) is 43.9 Å². The number of rotatable bonds is 3. The Balaban J connectivity index is 0.000000349. The van der Waals surface area contributed by atoms with Crippen molar-refractivity contribution in [2.24, 2.45) is 0 Å². The molecule has 1 saturated heterocycles. The van der Waals surface area contributed by atoms with Crippen molar-refractivity contribution in [2.45, 2.75) is 25.2 Å². The van der Waals surface area contributed by atoms with Crippen molar-refractivity contribution >= 4 is 35.0 Å². The summed E-state index contributed by atoms with van der Waals surface area (Å²) in [6.07, 6.45) is -3.60. The van der Waals surface area contributed by atoms with Crippen molar-refractivity contribution in [3.8, 4) is 0 Å². The van der Waals surface area contributed by atoms with Crippen LogP contribution in [-0.4, -0.2) is 70.7 Å². The Morgan fingerprint density at radius 2 is 1.63 bits per heavy atom. The molecule has 4 N–H and O–H groups in total. The van der Waals surface area contributed by atoms with Gasteiger partial charge in [-0.3, -0.25) is 9.59 Å². The summed E-state index contributed by atoms with van der Waals surface area (Å²) in [7, 11) is 0. The molecule has 0 aliphatic carbocycles. The molecule has 224 valence electrons. The number of nitrogens with one attached hydrogen (secondary N) is 2. The van der Waals surface area contributed by atoms with Gasteiger partial charge in [-0.15, -0.1) is 0 Å². The van der Waals surface area contributed by atoms with E-state index in [-0.39, 0.29) is 11.5 Å². The van der Waals surface area contributed by atoms with E-state index in [2.05, 4.69) is 15.3 Å². The van der Waals surface area contributed by atoms with Crippen LogP contribution in [0.15, 0.2) is 41.6 Å². The minimum atomic E-state index is -5.19. The summed E-state index contributed by atoms with van der Waals surface area (Å²) in [6, 6.07) is 5.47. The van der Waals surface area contributed by atoms with Gasteiger partial charge in [0.05, 0.1) is 24.7 Å². The molecular formula is C23H22ClF6N5O6. The van der Waals surface area contributed by atoms with Crippen LogP contribution in [0.5, 0.6) is 0 Å². The number of carbonyl (C=O) groups is 3.